The summed E-state index contributed by atoms with van der Waals surface area (Å²) in [5.41, 5.74) is 3.40. The van der Waals surface area contributed by atoms with Gasteiger partial charge in [-0.1, -0.05) is 48.5 Å². The molecule has 2 aliphatic rings. The van der Waals surface area contributed by atoms with E-state index < -0.39 is 0 Å². The van der Waals surface area contributed by atoms with Crippen LogP contribution in [0.1, 0.15) is 34.9 Å². The van der Waals surface area contributed by atoms with Gasteiger partial charge in [-0.15, -0.1) is 11.3 Å². The van der Waals surface area contributed by atoms with E-state index in [1.165, 1.54) is 16.0 Å². The van der Waals surface area contributed by atoms with Gasteiger partial charge in [-0.3, -0.25) is 14.5 Å². The van der Waals surface area contributed by atoms with Gasteiger partial charge < -0.3 is 10.2 Å². The zero-order chi connectivity index (χ0) is 22.6. The molecular formula is C27H29N3O2S. The number of carbonyl (C=O) groups excluding carboxylic acids is 2. The summed E-state index contributed by atoms with van der Waals surface area (Å²) < 4.78 is 0. The van der Waals surface area contributed by atoms with Crippen LogP contribution in [0.2, 0.25) is 0 Å². The Labute approximate surface area is 199 Å². The fraction of sp³-hybridized carbons (Fsp3) is 0.333. The molecule has 5 nitrogen and oxygen atoms in total. The highest BCUT2D eigenvalue weighted by Gasteiger charge is 2.33. The molecule has 2 aromatic carbocycles. The van der Waals surface area contributed by atoms with E-state index in [0.29, 0.717) is 32.5 Å². The van der Waals surface area contributed by atoms with E-state index in [1.807, 2.05) is 52.6 Å². The lowest BCUT2D eigenvalue weighted by molar-refractivity contribution is -0.136. The number of likely N-dealkylation sites (tertiary alicyclic amines) is 1. The molecule has 1 N–H and O–H groups in total. The van der Waals surface area contributed by atoms with Crippen LogP contribution in [0.3, 0.4) is 0 Å². The Morgan fingerprint density at radius 1 is 0.909 bits per heavy atom. The molecule has 0 saturated carbocycles. The van der Waals surface area contributed by atoms with E-state index in [0.717, 1.165) is 18.7 Å². The van der Waals surface area contributed by atoms with E-state index in [1.54, 1.807) is 0 Å². The molecule has 1 saturated heterocycles. The SMILES string of the molecule is O=C(Nc1ccccc1)C1CCN(C(=O)CN2CCc3sccc3C2c2ccccc2)CC1. The van der Waals surface area contributed by atoms with E-state index in [9.17, 15) is 9.59 Å². The zero-order valence-electron chi connectivity index (χ0n) is 18.7. The molecule has 0 aliphatic carbocycles. The number of nitrogens with zero attached hydrogens (tertiary/aromatic N) is 2. The highest BCUT2D eigenvalue weighted by molar-refractivity contribution is 7.10. The predicted octanol–water partition coefficient (Wildman–Crippen LogP) is 4.57. The van der Waals surface area contributed by atoms with Crippen molar-refractivity contribution in [3.8, 4) is 0 Å². The summed E-state index contributed by atoms with van der Waals surface area (Å²) in [6.45, 7) is 2.57. The molecule has 0 spiro atoms. The van der Waals surface area contributed by atoms with Gasteiger partial charge in [0, 0.05) is 36.1 Å². The number of fused-ring (bicyclic) bond motifs is 1. The van der Waals surface area contributed by atoms with Crippen molar-refractivity contribution in [1.82, 2.24) is 9.80 Å². The lowest BCUT2D eigenvalue weighted by atomic mass is 9.93. The predicted molar refractivity (Wildman–Crippen MR) is 132 cm³/mol. The van der Waals surface area contributed by atoms with Crippen molar-refractivity contribution in [3.63, 3.8) is 0 Å². The fourth-order valence-electron chi connectivity index (χ4n) is 4.99. The zero-order valence-corrected chi connectivity index (χ0v) is 19.5. The molecule has 1 unspecified atom stereocenters. The summed E-state index contributed by atoms with van der Waals surface area (Å²) >= 11 is 1.82. The quantitative estimate of drug-likeness (QED) is 0.608. The maximum atomic E-state index is 13.2. The number of amides is 2. The number of hydrogen-bond acceptors (Lipinski definition) is 4. The molecule has 170 valence electrons. The average Bonchev–Trinajstić information content (AvgIpc) is 3.34. The van der Waals surface area contributed by atoms with Gasteiger partial charge in [0.2, 0.25) is 11.8 Å². The van der Waals surface area contributed by atoms with Gasteiger partial charge in [0.1, 0.15) is 0 Å². The minimum absolute atomic E-state index is 0.0466. The number of anilines is 1. The third-order valence-corrected chi connectivity index (χ3v) is 7.78. The van der Waals surface area contributed by atoms with Crippen LogP contribution in [0.15, 0.2) is 72.1 Å². The summed E-state index contributed by atoms with van der Waals surface area (Å²) in [5, 5.41) is 5.17. The maximum Gasteiger partial charge on any atom is 0.236 e. The highest BCUT2D eigenvalue weighted by Crippen LogP contribution is 2.37. The lowest BCUT2D eigenvalue weighted by Crippen LogP contribution is -2.47. The minimum atomic E-state index is -0.0466. The molecule has 6 heteroatoms. The number of nitrogens with one attached hydrogen (secondary N) is 1. The normalized spacial score (nSPS) is 19.2. The molecule has 1 fully saturated rings. The molecule has 0 bridgehead atoms. The first kappa shape index (κ1) is 21.9. The Morgan fingerprint density at radius 2 is 1.61 bits per heavy atom. The summed E-state index contributed by atoms with van der Waals surface area (Å²) in [7, 11) is 0. The average molecular weight is 460 g/mol. The first-order valence-corrected chi connectivity index (χ1v) is 12.6. The smallest absolute Gasteiger partial charge is 0.236 e. The lowest BCUT2D eigenvalue weighted by Gasteiger charge is -2.38. The summed E-state index contributed by atoms with van der Waals surface area (Å²) in [6.07, 6.45) is 2.41. The molecule has 5 rings (SSSR count). The Kier molecular flexibility index (Phi) is 6.55. The van der Waals surface area contributed by atoms with E-state index in [-0.39, 0.29) is 23.8 Å². The minimum Gasteiger partial charge on any atom is -0.342 e. The van der Waals surface area contributed by atoms with Gasteiger partial charge in [0.25, 0.3) is 0 Å². The van der Waals surface area contributed by atoms with E-state index in [2.05, 4.69) is 45.9 Å². The topological polar surface area (TPSA) is 52.7 Å². The molecule has 1 atom stereocenters. The molecule has 3 heterocycles. The number of benzene rings is 2. The van der Waals surface area contributed by atoms with E-state index >= 15 is 0 Å². The second-order valence-electron chi connectivity index (χ2n) is 8.84. The number of hydrogen-bond donors (Lipinski definition) is 1. The molecule has 1 aromatic heterocycles. The summed E-state index contributed by atoms with van der Waals surface area (Å²) in [6, 6.07) is 22.4. The van der Waals surface area contributed by atoms with Crippen LogP contribution in [0.4, 0.5) is 5.69 Å². The maximum absolute atomic E-state index is 13.2. The van der Waals surface area contributed by atoms with Gasteiger partial charge >= 0.3 is 0 Å². The van der Waals surface area contributed by atoms with Crippen molar-refractivity contribution in [2.45, 2.75) is 25.3 Å². The summed E-state index contributed by atoms with van der Waals surface area (Å²) in [5.74, 6) is 0.171. The van der Waals surface area contributed by atoms with Crippen LogP contribution in [0, 0.1) is 5.92 Å². The molecule has 0 radical (unpaired) electrons. The standard InChI is InChI=1S/C27H29N3O2S/c31-25(29-15-11-21(12-16-29)27(32)28-22-9-5-2-6-10-22)19-30-17-13-24-23(14-18-33-24)26(30)20-7-3-1-4-8-20/h1-10,14,18,21,26H,11-13,15-17,19H2,(H,28,32). The van der Waals surface area contributed by atoms with Gasteiger partial charge in [-0.2, -0.15) is 0 Å². The number of thiophene rings is 1. The van der Waals surface area contributed by atoms with Gasteiger partial charge in [-0.05, 0) is 54.0 Å². The molecule has 33 heavy (non-hydrogen) atoms. The molecule has 2 amide bonds. The van der Waals surface area contributed by atoms with Crippen LogP contribution in [0.25, 0.3) is 0 Å². The number of rotatable bonds is 5. The van der Waals surface area contributed by atoms with Crippen LogP contribution in [-0.4, -0.2) is 47.8 Å². The molecular weight excluding hydrogens is 430 g/mol. The van der Waals surface area contributed by atoms with Crippen molar-refractivity contribution in [2.24, 2.45) is 5.92 Å². The van der Waals surface area contributed by atoms with Crippen molar-refractivity contribution >= 4 is 28.8 Å². The van der Waals surface area contributed by atoms with Crippen LogP contribution < -0.4 is 5.32 Å². The van der Waals surface area contributed by atoms with Crippen molar-refractivity contribution in [3.05, 3.63) is 88.1 Å². The first-order chi connectivity index (χ1) is 16.2. The van der Waals surface area contributed by atoms with Gasteiger partial charge in [0.05, 0.1) is 12.6 Å². The highest BCUT2D eigenvalue weighted by atomic mass is 32.1. The van der Waals surface area contributed by atoms with E-state index in [4.69, 9.17) is 0 Å². The third-order valence-electron chi connectivity index (χ3n) is 6.78. The van der Waals surface area contributed by atoms with Crippen molar-refractivity contribution in [2.75, 3.05) is 31.5 Å². The van der Waals surface area contributed by atoms with Gasteiger partial charge in [0.15, 0.2) is 0 Å². The Bertz CT molecular complexity index is 1090. The first-order valence-electron chi connectivity index (χ1n) is 11.7. The third kappa shape index (κ3) is 4.87. The van der Waals surface area contributed by atoms with Crippen molar-refractivity contribution in [1.29, 1.82) is 0 Å². The monoisotopic (exact) mass is 459 g/mol. The molecule has 3 aromatic rings. The second kappa shape index (κ2) is 9.89. The fourth-order valence-corrected chi connectivity index (χ4v) is 5.90. The largest absolute Gasteiger partial charge is 0.342 e. The Balaban J connectivity index is 1.21. The number of para-hydroxylation sites is 1. The second-order valence-corrected chi connectivity index (χ2v) is 9.84. The van der Waals surface area contributed by atoms with Crippen LogP contribution in [-0.2, 0) is 16.0 Å². The van der Waals surface area contributed by atoms with Gasteiger partial charge in [-0.25, -0.2) is 0 Å². The summed E-state index contributed by atoms with van der Waals surface area (Å²) in [4.78, 5) is 31.6. The van der Waals surface area contributed by atoms with Crippen molar-refractivity contribution < 1.29 is 9.59 Å². The van der Waals surface area contributed by atoms with Crippen LogP contribution >= 0.6 is 11.3 Å². The van der Waals surface area contributed by atoms with Crippen LogP contribution in [0.5, 0.6) is 0 Å². The number of carbonyl (C=O) groups is 2. The Morgan fingerprint density at radius 3 is 2.33 bits per heavy atom. The Hall–Kier alpha value is -2.96. The number of piperidine rings is 1. The molecule has 2 aliphatic heterocycles.